The van der Waals surface area contributed by atoms with Gasteiger partial charge in [0.2, 0.25) is 0 Å². The van der Waals surface area contributed by atoms with E-state index in [-0.39, 0.29) is 24.2 Å². The summed E-state index contributed by atoms with van der Waals surface area (Å²) >= 11 is -1.07. The molecule has 0 radical (unpaired) electrons. The van der Waals surface area contributed by atoms with E-state index in [0.29, 0.717) is 195 Å². The van der Waals surface area contributed by atoms with Crippen LogP contribution in [0.25, 0.3) is 5.57 Å². The van der Waals surface area contributed by atoms with Crippen LogP contribution in [0.15, 0.2) is 101 Å². The Balaban J connectivity index is 1.10. The van der Waals surface area contributed by atoms with Gasteiger partial charge in [-0.15, -0.1) is 5.06 Å². The normalized spacial score (nSPS) is 15.4. The summed E-state index contributed by atoms with van der Waals surface area (Å²) in [6, 6.07) is 21.1. The topological polar surface area (TPSA) is 247 Å². The van der Waals surface area contributed by atoms with E-state index in [2.05, 4.69) is 53.1 Å². The number of halogens is 1. The zero-order chi connectivity index (χ0) is 64.2. The number of allylic oxidation sites excluding steroid dienone is 5. The molecule has 500 valence electrons. The van der Waals surface area contributed by atoms with E-state index in [0.717, 1.165) is 48.6 Å². The van der Waals surface area contributed by atoms with Crippen LogP contribution in [0.2, 0.25) is 0 Å². The maximum absolute atomic E-state index is 12.6. The second-order valence-corrected chi connectivity index (χ2v) is 24.7. The standard InChI is InChI=1S/C65H92IN3O20S/c1-51-57(15-12-16-60-65(2,3)56-50-54(90(73,74)75)19-21-58(56)68(60)24-11-7-10-17-63(72)89-69-61(70)22-23-62(69)71)66-88-59-49-53(18-20-55(59)64(51)52-13-8-6-9-14-52)67(25-27-78-33-35-82-41-43-86-47-45-84-39-37-80-31-29-76-4)26-28-79-34-36-83-42-44-87-48-46-85-40-38-81-32-30-77-5/h6,8-9,12-16,18-21,49-50H,7,10-11,17,22-48H2,1-5H3,(H,73,74,75)/p-1/b15-12+,60-16+. The van der Waals surface area contributed by atoms with Crippen molar-refractivity contribution in [2.24, 2.45) is 0 Å². The molecule has 1 fully saturated rings. The number of rotatable bonds is 48. The van der Waals surface area contributed by atoms with Gasteiger partial charge in [-0.05, 0) is 84.5 Å². The van der Waals surface area contributed by atoms with Gasteiger partial charge in [-0.1, -0.05) is 56.7 Å². The van der Waals surface area contributed by atoms with Gasteiger partial charge < -0.3 is 79.1 Å². The van der Waals surface area contributed by atoms with Crippen molar-refractivity contribution < 1.29 is 92.1 Å². The van der Waals surface area contributed by atoms with Gasteiger partial charge in [0, 0.05) is 90.7 Å². The Kier molecular flexibility index (Phi) is 34.1. The summed E-state index contributed by atoms with van der Waals surface area (Å²) in [5.41, 5.74) is 6.69. The van der Waals surface area contributed by atoms with Gasteiger partial charge in [-0.2, -0.15) is 0 Å². The van der Waals surface area contributed by atoms with Gasteiger partial charge in [0.05, 0.1) is 150 Å². The minimum absolute atomic E-state index is 0.0172. The molecule has 25 heteroatoms. The van der Waals surface area contributed by atoms with Gasteiger partial charge in [0.15, 0.2) is 0 Å². The molecule has 6 rings (SSSR count). The molecular weight excluding hydrogens is 1300 g/mol. The van der Waals surface area contributed by atoms with Crippen LogP contribution < -0.4 is 12.9 Å². The van der Waals surface area contributed by atoms with Gasteiger partial charge in [0.25, 0.3) is 11.8 Å². The Morgan fingerprint density at radius 1 is 0.644 bits per heavy atom. The fraction of sp³-hybridized carbons (Fsp3) is 0.569. The van der Waals surface area contributed by atoms with E-state index in [1.54, 1.807) is 20.3 Å². The molecule has 0 unspecified atom stereocenters. The third kappa shape index (κ3) is 25.1. The molecule has 3 aromatic carbocycles. The fourth-order valence-electron chi connectivity index (χ4n) is 9.83. The van der Waals surface area contributed by atoms with Crippen LogP contribution in [-0.2, 0) is 91.6 Å². The Morgan fingerprint density at radius 2 is 1.14 bits per heavy atom. The average Bonchev–Trinajstić information content (AvgIpc) is 1.60. The number of fused-ring (bicyclic) bond motifs is 2. The molecule has 0 spiro atoms. The Bertz CT molecular complexity index is 2850. The zero-order valence-electron chi connectivity index (χ0n) is 52.8. The third-order valence-corrected chi connectivity index (χ3v) is 17.7. The van der Waals surface area contributed by atoms with Crippen molar-refractivity contribution >= 4 is 69.5 Å². The van der Waals surface area contributed by atoms with Crippen LogP contribution in [-0.4, -0.2) is 219 Å². The number of hydrogen-bond donors (Lipinski definition) is 0. The number of hydrogen-bond acceptors (Lipinski definition) is 22. The van der Waals surface area contributed by atoms with Gasteiger partial charge in [0.1, 0.15) is 37.0 Å². The lowest BCUT2D eigenvalue weighted by Crippen LogP contribution is -2.32. The first-order valence-electron chi connectivity index (χ1n) is 30.7. The fourth-order valence-corrected chi connectivity index (χ4v) is 12.1. The van der Waals surface area contributed by atoms with Crippen LogP contribution in [0.4, 0.5) is 11.4 Å². The predicted octanol–water partition coefficient (Wildman–Crippen LogP) is 7.53. The van der Waals surface area contributed by atoms with E-state index in [1.807, 2.05) is 44.2 Å². The molecule has 3 aromatic rings. The highest BCUT2D eigenvalue weighted by Gasteiger charge is 2.40. The quantitative estimate of drug-likeness (QED) is 0.0229. The van der Waals surface area contributed by atoms with Crippen molar-refractivity contribution in [3.05, 3.63) is 113 Å². The molecule has 3 aliphatic heterocycles. The summed E-state index contributed by atoms with van der Waals surface area (Å²) in [7, 11) is -1.47. The first-order valence-corrected chi connectivity index (χ1v) is 34.0. The maximum Gasteiger partial charge on any atom is 0.333 e. The number of carbonyl (C=O) groups excluding carboxylic acids is 3. The highest BCUT2D eigenvalue weighted by atomic mass is 127. The first kappa shape index (κ1) is 74.0. The monoisotopic (exact) mass is 1390 g/mol. The molecule has 3 aliphatic rings. The van der Waals surface area contributed by atoms with Crippen LogP contribution in [0.1, 0.15) is 76.0 Å². The van der Waals surface area contributed by atoms with Crippen LogP contribution >= 0.6 is 21.1 Å². The number of hydroxylamine groups is 2. The van der Waals surface area contributed by atoms with E-state index in [4.69, 9.17) is 64.7 Å². The van der Waals surface area contributed by atoms with Gasteiger partial charge >= 0.3 is 5.97 Å². The van der Waals surface area contributed by atoms with E-state index in [9.17, 15) is 27.4 Å². The summed E-state index contributed by atoms with van der Waals surface area (Å²) in [6.45, 7) is 18.1. The van der Waals surface area contributed by atoms with Crippen LogP contribution in [0.5, 0.6) is 5.75 Å². The second kappa shape index (κ2) is 41.5. The summed E-state index contributed by atoms with van der Waals surface area (Å²) < 4.78 is 112. The minimum Gasteiger partial charge on any atom is -0.744 e. The van der Waals surface area contributed by atoms with E-state index in [1.165, 1.54) is 12.1 Å². The SMILES string of the molecule is COCCOCCOCCOCCOCCOCCN(CCOCCOCCOCCOCCOCCOC)c1ccc2c(c1)OI=C(/C=C/C=C1/N(CCCCCC(=O)ON3C(=O)CCC3=O)c3ccc(S(=O)(=O)[O-])cc3C1(C)C)C(C)=C2c1ccccc1. The minimum atomic E-state index is -4.74. The molecule has 0 N–H and O–H groups in total. The molecular formula is C65H91IN3O20S-. The largest absolute Gasteiger partial charge is 0.744 e. The molecule has 0 aliphatic carbocycles. The Hall–Kier alpha value is -5.08. The number of anilines is 2. The molecule has 2 amide bonds. The lowest BCUT2D eigenvalue weighted by atomic mass is 9.83. The lowest BCUT2D eigenvalue weighted by molar-refractivity contribution is -0.197. The number of methoxy groups -OCH3 is 2. The smallest absolute Gasteiger partial charge is 0.333 e. The molecule has 23 nitrogen and oxygen atoms in total. The Labute approximate surface area is 541 Å². The highest BCUT2D eigenvalue weighted by molar-refractivity contribution is 14.2. The maximum atomic E-state index is 12.6. The molecule has 0 aromatic heterocycles. The average molecular weight is 1390 g/mol. The molecule has 0 saturated carbocycles. The van der Waals surface area contributed by atoms with Gasteiger partial charge in [-0.25, -0.2) is 13.2 Å². The second-order valence-electron chi connectivity index (χ2n) is 21.3. The summed E-state index contributed by atoms with van der Waals surface area (Å²) in [5, 5.41) is 0.558. The van der Waals surface area contributed by atoms with Crippen LogP contribution in [0, 0.1) is 0 Å². The molecule has 1 saturated heterocycles. The number of carbonyl (C=O) groups is 3. The van der Waals surface area contributed by atoms with Gasteiger partial charge in [-0.3, -0.25) is 9.59 Å². The molecule has 0 atom stereocenters. The van der Waals surface area contributed by atoms with Crippen molar-refractivity contribution in [1.82, 2.24) is 5.06 Å². The number of unbranched alkanes of at least 4 members (excludes halogenated alkanes) is 2. The molecule has 3 heterocycles. The lowest BCUT2D eigenvalue weighted by Gasteiger charge is -2.27. The number of ether oxygens (including phenoxy) is 12. The predicted molar refractivity (Wildman–Crippen MR) is 346 cm³/mol. The zero-order valence-corrected chi connectivity index (χ0v) is 55.8. The van der Waals surface area contributed by atoms with Crippen molar-refractivity contribution in [1.29, 1.82) is 0 Å². The molecule has 0 bridgehead atoms. The summed E-state index contributed by atoms with van der Waals surface area (Å²) in [4.78, 5) is 45.6. The van der Waals surface area contributed by atoms with E-state index >= 15 is 0 Å². The number of imide groups is 1. The number of amides is 2. The number of nitrogens with zero attached hydrogens (tertiary/aromatic N) is 3. The van der Waals surface area contributed by atoms with Crippen molar-refractivity contribution in [3.8, 4) is 5.75 Å². The van der Waals surface area contributed by atoms with Crippen molar-refractivity contribution in [2.75, 3.05) is 189 Å². The number of benzene rings is 3. The van der Waals surface area contributed by atoms with Crippen LogP contribution in [0.3, 0.4) is 0 Å². The van der Waals surface area contributed by atoms with E-state index < -0.39 is 54.5 Å². The third-order valence-electron chi connectivity index (χ3n) is 14.6. The Morgan fingerprint density at radius 3 is 1.64 bits per heavy atom. The summed E-state index contributed by atoms with van der Waals surface area (Å²) in [5.74, 6) is -0.959. The highest BCUT2D eigenvalue weighted by Crippen LogP contribution is 2.49. The molecule has 90 heavy (non-hydrogen) atoms. The van der Waals surface area contributed by atoms with Crippen molar-refractivity contribution in [2.45, 2.75) is 69.6 Å². The first-order chi connectivity index (χ1) is 43.7. The summed E-state index contributed by atoms with van der Waals surface area (Å²) in [6.07, 6.45) is 7.89. The van der Waals surface area contributed by atoms with Crippen molar-refractivity contribution in [3.63, 3.8) is 0 Å².